The van der Waals surface area contributed by atoms with E-state index in [1.807, 2.05) is 41.4 Å². The zero-order valence-corrected chi connectivity index (χ0v) is 17.3. The summed E-state index contributed by atoms with van der Waals surface area (Å²) in [6.45, 7) is 7.17. The maximum atomic E-state index is 12.8. The maximum absolute atomic E-state index is 12.8. The average Bonchev–Trinajstić information content (AvgIpc) is 3.22. The largest absolute Gasteiger partial charge is 0.372 e. The van der Waals surface area contributed by atoms with Crippen molar-refractivity contribution in [1.29, 1.82) is 0 Å². The van der Waals surface area contributed by atoms with Crippen LogP contribution < -0.4 is 10.2 Å². The monoisotopic (exact) mass is 394 g/mol. The summed E-state index contributed by atoms with van der Waals surface area (Å²) in [5.74, 6) is 0.964. The molecule has 6 heteroatoms. The summed E-state index contributed by atoms with van der Waals surface area (Å²) in [4.78, 5) is 21.6. The summed E-state index contributed by atoms with van der Waals surface area (Å²) in [7, 11) is 0. The normalized spacial score (nSPS) is 24.6. The topological polar surface area (TPSA) is 57.7 Å². The molecule has 1 N–H and O–H groups in total. The van der Waals surface area contributed by atoms with Crippen LogP contribution in [0.1, 0.15) is 43.9 Å². The van der Waals surface area contributed by atoms with Crippen molar-refractivity contribution in [3.8, 4) is 0 Å². The number of benzene rings is 1. The van der Waals surface area contributed by atoms with Gasteiger partial charge in [-0.1, -0.05) is 36.4 Å². The average molecular weight is 395 g/mol. The summed E-state index contributed by atoms with van der Waals surface area (Å²) in [5, 5.41) is 3.07. The summed E-state index contributed by atoms with van der Waals surface area (Å²) >= 11 is 0. The van der Waals surface area contributed by atoms with Crippen molar-refractivity contribution < 1.29 is 9.53 Å². The van der Waals surface area contributed by atoms with Crippen molar-refractivity contribution in [2.24, 2.45) is 0 Å². The van der Waals surface area contributed by atoms with E-state index in [0.29, 0.717) is 6.54 Å². The SMILES string of the molecule is CC1CN(c2ccc(CNC(=O)N3CCCC3c3ccccc3)cn2)CC(C)O1. The maximum Gasteiger partial charge on any atom is 0.318 e. The highest BCUT2D eigenvalue weighted by molar-refractivity contribution is 5.75. The molecule has 3 heterocycles. The van der Waals surface area contributed by atoms with Gasteiger partial charge in [-0.05, 0) is 43.9 Å². The van der Waals surface area contributed by atoms with Crippen LogP contribution in [0.3, 0.4) is 0 Å². The van der Waals surface area contributed by atoms with Crippen molar-refractivity contribution in [3.63, 3.8) is 0 Å². The molecule has 2 fully saturated rings. The molecule has 0 aliphatic carbocycles. The fourth-order valence-corrected chi connectivity index (χ4v) is 4.38. The number of nitrogens with one attached hydrogen (secondary N) is 1. The third kappa shape index (κ3) is 4.70. The molecule has 2 aliphatic heterocycles. The van der Waals surface area contributed by atoms with E-state index < -0.39 is 0 Å². The summed E-state index contributed by atoms with van der Waals surface area (Å²) < 4.78 is 5.79. The highest BCUT2D eigenvalue weighted by Gasteiger charge is 2.29. The van der Waals surface area contributed by atoms with Crippen LogP contribution in [0, 0.1) is 0 Å². The Balaban J connectivity index is 1.33. The van der Waals surface area contributed by atoms with Crippen LogP contribution in [0.25, 0.3) is 0 Å². The van der Waals surface area contributed by atoms with E-state index in [9.17, 15) is 4.79 Å². The first kappa shape index (κ1) is 19.7. The molecule has 3 atom stereocenters. The van der Waals surface area contributed by atoms with Gasteiger partial charge in [-0.25, -0.2) is 9.78 Å². The van der Waals surface area contributed by atoms with Crippen LogP contribution in [0.15, 0.2) is 48.7 Å². The van der Waals surface area contributed by atoms with Gasteiger partial charge in [0.25, 0.3) is 0 Å². The van der Waals surface area contributed by atoms with Crippen molar-refractivity contribution in [1.82, 2.24) is 15.2 Å². The highest BCUT2D eigenvalue weighted by Crippen LogP contribution is 2.31. The Kier molecular flexibility index (Phi) is 6.00. The number of hydrogen-bond acceptors (Lipinski definition) is 4. The first-order valence-electron chi connectivity index (χ1n) is 10.5. The molecule has 0 bridgehead atoms. The zero-order chi connectivity index (χ0) is 20.2. The predicted molar refractivity (Wildman–Crippen MR) is 114 cm³/mol. The molecule has 154 valence electrons. The predicted octanol–water partition coefficient (Wildman–Crippen LogP) is 3.74. The van der Waals surface area contributed by atoms with Gasteiger partial charge in [0.2, 0.25) is 0 Å². The number of likely N-dealkylation sites (tertiary alicyclic amines) is 1. The molecule has 4 rings (SSSR count). The van der Waals surface area contributed by atoms with Crippen molar-refractivity contribution >= 4 is 11.8 Å². The lowest BCUT2D eigenvalue weighted by Gasteiger charge is -2.36. The molecule has 2 aliphatic rings. The molecule has 0 radical (unpaired) electrons. The fraction of sp³-hybridized carbons (Fsp3) is 0.478. The summed E-state index contributed by atoms with van der Waals surface area (Å²) in [6.07, 6.45) is 4.33. The van der Waals surface area contributed by atoms with Crippen LogP contribution in [0.2, 0.25) is 0 Å². The minimum Gasteiger partial charge on any atom is -0.372 e. The number of carbonyl (C=O) groups is 1. The second-order valence-electron chi connectivity index (χ2n) is 8.11. The van der Waals surface area contributed by atoms with Crippen molar-refractivity contribution in [2.75, 3.05) is 24.5 Å². The van der Waals surface area contributed by atoms with Gasteiger partial charge in [-0.15, -0.1) is 0 Å². The number of ether oxygens (including phenoxy) is 1. The number of aromatic nitrogens is 1. The number of pyridine rings is 1. The molecule has 1 aromatic carbocycles. The van der Waals surface area contributed by atoms with Gasteiger partial charge in [0.15, 0.2) is 0 Å². The Hall–Kier alpha value is -2.60. The number of amides is 2. The Morgan fingerprint density at radius 3 is 2.59 bits per heavy atom. The van der Waals surface area contributed by atoms with E-state index in [0.717, 1.165) is 43.9 Å². The quantitative estimate of drug-likeness (QED) is 0.858. The number of morpholine rings is 1. The second kappa shape index (κ2) is 8.82. The Morgan fingerprint density at radius 2 is 1.90 bits per heavy atom. The Bertz CT molecular complexity index is 801. The lowest BCUT2D eigenvalue weighted by Crippen LogP contribution is -2.45. The Labute approximate surface area is 172 Å². The molecule has 1 aromatic heterocycles. The molecule has 0 spiro atoms. The van der Waals surface area contributed by atoms with Crippen LogP contribution in [0.4, 0.5) is 10.6 Å². The van der Waals surface area contributed by atoms with Crippen molar-refractivity contribution in [2.45, 2.75) is 51.5 Å². The summed E-state index contributed by atoms with van der Waals surface area (Å²) in [6, 6.07) is 14.5. The lowest BCUT2D eigenvalue weighted by molar-refractivity contribution is -0.00546. The van der Waals surface area contributed by atoms with E-state index in [2.05, 4.69) is 41.2 Å². The third-order valence-corrected chi connectivity index (χ3v) is 5.69. The van der Waals surface area contributed by atoms with Crippen LogP contribution >= 0.6 is 0 Å². The van der Waals surface area contributed by atoms with Gasteiger partial charge in [-0.2, -0.15) is 0 Å². The Morgan fingerprint density at radius 1 is 1.14 bits per heavy atom. The molecule has 6 nitrogen and oxygen atoms in total. The van der Waals surface area contributed by atoms with E-state index in [4.69, 9.17) is 4.74 Å². The van der Waals surface area contributed by atoms with Crippen molar-refractivity contribution in [3.05, 3.63) is 59.8 Å². The van der Waals surface area contributed by atoms with E-state index in [1.165, 1.54) is 5.56 Å². The molecule has 29 heavy (non-hydrogen) atoms. The minimum atomic E-state index is -0.00346. The third-order valence-electron chi connectivity index (χ3n) is 5.69. The first-order valence-corrected chi connectivity index (χ1v) is 10.5. The molecule has 2 saturated heterocycles. The summed E-state index contributed by atoms with van der Waals surface area (Å²) in [5.41, 5.74) is 2.21. The zero-order valence-electron chi connectivity index (χ0n) is 17.3. The van der Waals surface area contributed by atoms with Gasteiger partial charge in [-0.3, -0.25) is 0 Å². The lowest BCUT2D eigenvalue weighted by atomic mass is 10.1. The number of hydrogen-bond donors (Lipinski definition) is 1. The van der Waals surface area contributed by atoms with Gasteiger partial charge in [0.1, 0.15) is 5.82 Å². The number of anilines is 1. The fourth-order valence-electron chi connectivity index (χ4n) is 4.38. The van der Waals surface area contributed by atoms with E-state index in [1.54, 1.807) is 0 Å². The van der Waals surface area contributed by atoms with Gasteiger partial charge >= 0.3 is 6.03 Å². The van der Waals surface area contributed by atoms with Crippen LogP contribution in [0.5, 0.6) is 0 Å². The van der Waals surface area contributed by atoms with E-state index in [-0.39, 0.29) is 24.3 Å². The van der Waals surface area contributed by atoms with E-state index >= 15 is 0 Å². The smallest absolute Gasteiger partial charge is 0.318 e. The van der Waals surface area contributed by atoms with Crippen LogP contribution in [-0.4, -0.2) is 47.8 Å². The first-order chi connectivity index (χ1) is 14.1. The number of nitrogens with zero attached hydrogens (tertiary/aromatic N) is 3. The molecule has 2 aromatic rings. The van der Waals surface area contributed by atoms with Gasteiger partial charge < -0.3 is 19.9 Å². The number of urea groups is 1. The van der Waals surface area contributed by atoms with Gasteiger partial charge in [0, 0.05) is 32.4 Å². The number of rotatable bonds is 4. The molecular weight excluding hydrogens is 364 g/mol. The molecule has 2 amide bonds. The minimum absolute atomic E-state index is 0.00346. The van der Waals surface area contributed by atoms with Crippen LogP contribution in [-0.2, 0) is 11.3 Å². The molecule has 0 saturated carbocycles. The second-order valence-corrected chi connectivity index (χ2v) is 8.11. The molecular formula is C23H30N4O2. The van der Waals surface area contributed by atoms with Gasteiger partial charge in [0.05, 0.1) is 18.2 Å². The highest BCUT2D eigenvalue weighted by atomic mass is 16.5. The standard InChI is InChI=1S/C23H30N4O2/c1-17-15-26(16-18(2)29-17)22-11-10-19(13-24-22)14-25-23(28)27-12-6-9-21(27)20-7-4-3-5-8-20/h3-5,7-8,10-11,13,17-18,21H,6,9,12,14-16H2,1-2H3,(H,25,28). The molecule has 3 unspecified atom stereocenters. The number of carbonyl (C=O) groups excluding carboxylic acids is 1.